The van der Waals surface area contributed by atoms with Crippen molar-refractivity contribution in [3.8, 4) is 0 Å². The van der Waals surface area contributed by atoms with Gasteiger partial charge in [0.15, 0.2) is 4.73 Å². The van der Waals surface area contributed by atoms with Gasteiger partial charge in [0.2, 0.25) is 0 Å². The Morgan fingerprint density at radius 3 is 2.57 bits per heavy atom. The molecule has 1 N–H and O–H groups in total. The summed E-state index contributed by atoms with van der Waals surface area (Å²) in [7, 11) is 0. The Kier molecular flexibility index (Phi) is 2.96. The zero-order valence-corrected chi connectivity index (χ0v) is 10.4. The molecular formula is C11H17BrN2. The molecule has 1 saturated carbocycles. The first-order chi connectivity index (χ1) is 6.68. The van der Waals surface area contributed by atoms with E-state index in [1.807, 2.05) is 0 Å². The van der Waals surface area contributed by atoms with Gasteiger partial charge in [0.25, 0.3) is 0 Å². The van der Waals surface area contributed by atoms with Crippen LogP contribution in [-0.2, 0) is 0 Å². The van der Waals surface area contributed by atoms with Crippen molar-refractivity contribution in [1.82, 2.24) is 9.97 Å². The quantitative estimate of drug-likeness (QED) is 0.853. The molecule has 1 aliphatic carbocycles. The topological polar surface area (TPSA) is 28.7 Å². The molecule has 0 spiro atoms. The van der Waals surface area contributed by atoms with E-state index in [0.29, 0.717) is 5.92 Å². The number of rotatable bonds is 2. The van der Waals surface area contributed by atoms with Crippen molar-refractivity contribution < 1.29 is 0 Å². The molecule has 1 aromatic heterocycles. The first kappa shape index (κ1) is 10.2. The Morgan fingerprint density at radius 2 is 2.00 bits per heavy atom. The van der Waals surface area contributed by atoms with Gasteiger partial charge in [-0.05, 0) is 34.7 Å². The second-order valence-electron chi connectivity index (χ2n) is 4.46. The number of hydrogen-bond donors (Lipinski definition) is 1. The van der Waals surface area contributed by atoms with Crippen LogP contribution < -0.4 is 0 Å². The molecule has 0 aliphatic heterocycles. The van der Waals surface area contributed by atoms with Gasteiger partial charge in [-0.2, -0.15) is 0 Å². The number of halogens is 1. The highest BCUT2D eigenvalue weighted by atomic mass is 79.9. The highest BCUT2D eigenvalue weighted by Crippen LogP contribution is 2.37. The van der Waals surface area contributed by atoms with Gasteiger partial charge in [0, 0.05) is 11.6 Å². The van der Waals surface area contributed by atoms with Crippen molar-refractivity contribution in [2.24, 2.45) is 0 Å². The highest BCUT2D eigenvalue weighted by Gasteiger charge is 2.23. The number of aromatic nitrogens is 2. The van der Waals surface area contributed by atoms with Crippen LogP contribution in [0.3, 0.4) is 0 Å². The first-order valence-electron chi connectivity index (χ1n) is 5.43. The summed E-state index contributed by atoms with van der Waals surface area (Å²) >= 11 is 3.43. The van der Waals surface area contributed by atoms with Crippen molar-refractivity contribution >= 4 is 15.9 Å². The van der Waals surface area contributed by atoms with Gasteiger partial charge in [-0.15, -0.1) is 0 Å². The SMILES string of the molecule is CC(C)c1nc(Br)[nH]c1C1CCCC1. The number of nitrogens with one attached hydrogen (secondary N) is 1. The maximum Gasteiger partial charge on any atom is 0.174 e. The Balaban J connectivity index is 2.30. The number of imidazole rings is 1. The van der Waals surface area contributed by atoms with Gasteiger partial charge in [-0.1, -0.05) is 26.7 Å². The Hall–Kier alpha value is -0.310. The zero-order valence-electron chi connectivity index (χ0n) is 8.81. The normalized spacial score (nSPS) is 18.3. The summed E-state index contributed by atoms with van der Waals surface area (Å²) in [4.78, 5) is 7.89. The van der Waals surface area contributed by atoms with Crippen molar-refractivity contribution in [3.05, 3.63) is 16.1 Å². The van der Waals surface area contributed by atoms with Gasteiger partial charge in [-0.25, -0.2) is 4.98 Å². The second kappa shape index (κ2) is 4.05. The molecule has 1 aromatic rings. The van der Waals surface area contributed by atoms with E-state index in [2.05, 4.69) is 39.7 Å². The zero-order chi connectivity index (χ0) is 10.1. The summed E-state index contributed by atoms with van der Waals surface area (Å²) in [5.74, 6) is 1.25. The van der Waals surface area contributed by atoms with E-state index >= 15 is 0 Å². The molecule has 0 amide bonds. The smallest absolute Gasteiger partial charge is 0.174 e. The van der Waals surface area contributed by atoms with Crippen LogP contribution in [0.1, 0.15) is 62.8 Å². The third-order valence-corrected chi connectivity index (χ3v) is 3.42. The minimum Gasteiger partial charge on any atom is -0.336 e. The van der Waals surface area contributed by atoms with Crippen LogP contribution in [-0.4, -0.2) is 9.97 Å². The average molecular weight is 257 g/mol. The lowest BCUT2D eigenvalue weighted by Crippen LogP contribution is -2.00. The predicted octanol–water partition coefficient (Wildman–Crippen LogP) is 3.95. The largest absolute Gasteiger partial charge is 0.336 e. The number of H-pyrrole nitrogens is 1. The van der Waals surface area contributed by atoms with Gasteiger partial charge in [0.1, 0.15) is 0 Å². The maximum atomic E-state index is 4.52. The summed E-state index contributed by atoms with van der Waals surface area (Å²) in [5, 5.41) is 0. The molecule has 3 heteroatoms. The Labute approximate surface area is 93.6 Å². The summed E-state index contributed by atoms with van der Waals surface area (Å²) in [6.07, 6.45) is 5.40. The lowest BCUT2D eigenvalue weighted by atomic mass is 9.97. The molecule has 0 atom stereocenters. The van der Waals surface area contributed by atoms with Crippen molar-refractivity contribution in [3.63, 3.8) is 0 Å². The minimum absolute atomic E-state index is 0.521. The van der Waals surface area contributed by atoms with Crippen LogP contribution in [0.25, 0.3) is 0 Å². The summed E-state index contributed by atoms with van der Waals surface area (Å²) < 4.78 is 0.892. The van der Waals surface area contributed by atoms with Gasteiger partial charge in [0.05, 0.1) is 5.69 Å². The lowest BCUT2D eigenvalue weighted by molar-refractivity contribution is 0.676. The average Bonchev–Trinajstić information content (AvgIpc) is 2.70. The van der Waals surface area contributed by atoms with Crippen LogP contribution in [0.15, 0.2) is 4.73 Å². The van der Waals surface area contributed by atoms with Crippen LogP contribution in [0.5, 0.6) is 0 Å². The van der Waals surface area contributed by atoms with Crippen LogP contribution in [0.2, 0.25) is 0 Å². The molecule has 0 bridgehead atoms. The number of nitrogens with zero attached hydrogens (tertiary/aromatic N) is 1. The van der Waals surface area contributed by atoms with Crippen molar-refractivity contribution in [1.29, 1.82) is 0 Å². The first-order valence-corrected chi connectivity index (χ1v) is 6.23. The lowest BCUT2D eigenvalue weighted by Gasteiger charge is -2.10. The Morgan fingerprint density at radius 1 is 1.36 bits per heavy atom. The van der Waals surface area contributed by atoms with Crippen LogP contribution in [0, 0.1) is 0 Å². The van der Waals surface area contributed by atoms with E-state index in [0.717, 1.165) is 10.7 Å². The van der Waals surface area contributed by atoms with E-state index < -0.39 is 0 Å². The third-order valence-electron chi connectivity index (χ3n) is 3.04. The van der Waals surface area contributed by atoms with Crippen molar-refractivity contribution in [2.45, 2.75) is 51.4 Å². The molecule has 1 heterocycles. The molecule has 78 valence electrons. The molecule has 0 saturated heterocycles. The van der Waals surface area contributed by atoms with E-state index in [1.54, 1.807) is 0 Å². The molecule has 2 nitrogen and oxygen atoms in total. The van der Waals surface area contributed by atoms with E-state index in [9.17, 15) is 0 Å². The molecule has 1 fully saturated rings. The van der Waals surface area contributed by atoms with E-state index in [4.69, 9.17) is 0 Å². The molecule has 0 aromatic carbocycles. The van der Waals surface area contributed by atoms with Crippen LogP contribution >= 0.6 is 15.9 Å². The summed E-state index contributed by atoms with van der Waals surface area (Å²) in [5.41, 5.74) is 2.63. The molecule has 0 unspecified atom stereocenters. The van der Waals surface area contributed by atoms with E-state index in [1.165, 1.54) is 37.1 Å². The standard InChI is InChI=1S/C11H17BrN2/c1-7(2)9-10(14-11(12)13-9)8-5-3-4-6-8/h7-8H,3-6H2,1-2H3,(H,13,14). The fraction of sp³-hybridized carbons (Fsp3) is 0.727. The second-order valence-corrected chi connectivity index (χ2v) is 5.21. The van der Waals surface area contributed by atoms with Crippen molar-refractivity contribution in [2.75, 3.05) is 0 Å². The number of hydrogen-bond acceptors (Lipinski definition) is 1. The van der Waals surface area contributed by atoms with Crippen LogP contribution in [0.4, 0.5) is 0 Å². The van der Waals surface area contributed by atoms with E-state index in [-0.39, 0.29) is 0 Å². The summed E-state index contributed by atoms with van der Waals surface area (Å²) in [6, 6.07) is 0. The fourth-order valence-corrected chi connectivity index (χ4v) is 2.74. The molecule has 0 radical (unpaired) electrons. The molecule has 14 heavy (non-hydrogen) atoms. The predicted molar refractivity (Wildman–Crippen MR) is 61.6 cm³/mol. The Bertz CT molecular complexity index is 311. The fourth-order valence-electron chi connectivity index (χ4n) is 2.33. The molecule has 1 aliphatic rings. The third kappa shape index (κ3) is 1.88. The van der Waals surface area contributed by atoms with Gasteiger partial charge >= 0.3 is 0 Å². The maximum absolute atomic E-state index is 4.52. The van der Waals surface area contributed by atoms with Gasteiger partial charge in [-0.3, -0.25) is 0 Å². The monoisotopic (exact) mass is 256 g/mol. The van der Waals surface area contributed by atoms with Gasteiger partial charge < -0.3 is 4.98 Å². The number of aromatic amines is 1. The molecule has 2 rings (SSSR count). The summed E-state index contributed by atoms with van der Waals surface area (Å²) in [6.45, 7) is 4.42. The molecular weight excluding hydrogens is 240 g/mol. The minimum atomic E-state index is 0.521. The highest BCUT2D eigenvalue weighted by molar-refractivity contribution is 9.10.